The molecule has 6 heteroatoms. The Bertz CT molecular complexity index is 574. The quantitative estimate of drug-likeness (QED) is 0.773. The van der Waals surface area contributed by atoms with E-state index in [1.165, 1.54) is 12.8 Å². The first-order chi connectivity index (χ1) is 9.79. The molecule has 1 aliphatic rings. The summed E-state index contributed by atoms with van der Waals surface area (Å²) in [4.78, 5) is 0.256. The summed E-state index contributed by atoms with van der Waals surface area (Å²) in [6.07, 6.45) is 2.39. The van der Waals surface area contributed by atoms with Crippen molar-refractivity contribution in [2.24, 2.45) is 11.8 Å². The normalized spacial score (nSPS) is 17.4. The van der Waals surface area contributed by atoms with Crippen LogP contribution in [0.5, 0.6) is 0 Å². The number of nitrogens with one attached hydrogen (secondary N) is 2. The second-order valence-corrected chi connectivity index (χ2v) is 8.10. The van der Waals surface area contributed by atoms with Crippen molar-refractivity contribution in [3.05, 3.63) is 17.6 Å². The van der Waals surface area contributed by atoms with Crippen molar-refractivity contribution in [2.45, 2.75) is 58.0 Å². The van der Waals surface area contributed by atoms with Crippen LogP contribution in [-0.2, 0) is 16.6 Å². The maximum atomic E-state index is 12.4. The molecule has 0 radical (unpaired) electrons. The Hall–Kier alpha value is -0.850. The summed E-state index contributed by atoms with van der Waals surface area (Å²) in [5.74, 6) is 1.86. The van der Waals surface area contributed by atoms with E-state index in [1.807, 2.05) is 6.92 Å². The van der Waals surface area contributed by atoms with Crippen LogP contribution in [0.3, 0.4) is 0 Å². The predicted octanol–water partition coefficient (Wildman–Crippen LogP) is 2.41. The minimum Gasteiger partial charge on any atom is -0.464 e. The van der Waals surface area contributed by atoms with Gasteiger partial charge in [0.1, 0.15) is 16.4 Å². The van der Waals surface area contributed by atoms with Crippen LogP contribution < -0.4 is 10.0 Å². The van der Waals surface area contributed by atoms with Gasteiger partial charge in [-0.25, -0.2) is 13.1 Å². The van der Waals surface area contributed by atoms with Crippen molar-refractivity contribution >= 4 is 10.0 Å². The Kier molecular flexibility index (Phi) is 5.11. The highest BCUT2D eigenvalue weighted by molar-refractivity contribution is 7.89. The molecule has 0 saturated heterocycles. The summed E-state index contributed by atoms with van der Waals surface area (Å²) < 4.78 is 32.9. The number of sulfonamides is 1. The lowest BCUT2D eigenvalue weighted by Gasteiger charge is -2.15. The Labute approximate surface area is 127 Å². The standard InChI is InChI=1S/C15H26N2O3S/c1-10(2)11(3)8-17-21(18,19)15-7-14(20-12(15)4)9-16-13-5-6-13/h7,10-11,13,16-17H,5-6,8-9H2,1-4H3. The van der Waals surface area contributed by atoms with Gasteiger partial charge in [-0.15, -0.1) is 0 Å². The number of furan rings is 1. The average Bonchev–Trinajstić information content (AvgIpc) is 3.16. The maximum absolute atomic E-state index is 12.4. The molecule has 0 amide bonds. The molecule has 1 fully saturated rings. The summed E-state index contributed by atoms with van der Waals surface area (Å²) in [6, 6.07) is 2.20. The average molecular weight is 314 g/mol. The van der Waals surface area contributed by atoms with Gasteiger partial charge in [0.15, 0.2) is 0 Å². The Morgan fingerprint density at radius 2 is 2.00 bits per heavy atom. The lowest BCUT2D eigenvalue weighted by atomic mass is 9.99. The molecule has 0 aliphatic heterocycles. The molecule has 21 heavy (non-hydrogen) atoms. The largest absolute Gasteiger partial charge is 0.464 e. The predicted molar refractivity (Wildman–Crippen MR) is 82.5 cm³/mol. The van der Waals surface area contributed by atoms with Gasteiger partial charge in [0, 0.05) is 18.7 Å². The first-order valence-electron chi connectivity index (χ1n) is 7.62. The lowest BCUT2D eigenvalue weighted by Crippen LogP contribution is -2.30. The van der Waals surface area contributed by atoms with Gasteiger partial charge >= 0.3 is 0 Å². The van der Waals surface area contributed by atoms with E-state index in [4.69, 9.17) is 4.42 Å². The summed E-state index contributed by atoms with van der Waals surface area (Å²) in [5.41, 5.74) is 0. The van der Waals surface area contributed by atoms with Crippen molar-refractivity contribution in [2.75, 3.05) is 6.54 Å². The second kappa shape index (κ2) is 6.50. The second-order valence-electron chi connectivity index (χ2n) is 6.36. The van der Waals surface area contributed by atoms with Crippen LogP contribution in [0, 0.1) is 18.8 Å². The highest BCUT2D eigenvalue weighted by atomic mass is 32.2. The Balaban J connectivity index is 2.00. The van der Waals surface area contributed by atoms with Gasteiger partial charge in [-0.3, -0.25) is 0 Å². The molecule has 2 rings (SSSR count). The minimum atomic E-state index is -3.49. The van der Waals surface area contributed by atoms with E-state index in [9.17, 15) is 8.42 Å². The molecule has 1 aliphatic carbocycles. The first-order valence-corrected chi connectivity index (χ1v) is 9.10. The smallest absolute Gasteiger partial charge is 0.244 e. The zero-order valence-electron chi connectivity index (χ0n) is 13.3. The van der Waals surface area contributed by atoms with E-state index in [0.717, 1.165) is 0 Å². The molecule has 0 spiro atoms. The van der Waals surface area contributed by atoms with Gasteiger partial charge in [-0.05, 0) is 31.6 Å². The fourth-order valence-corrected chi connectivity index (χ4v) is 3.31. The third-order valence-corrected chi connectivity index (χ3v) is 5.62. The molecule has 0 bridgehead atoms. The van der Waals surface area contributed by atoms with E-state index in [-0.39, 0.29) is 4.90 Å². The molecule has 0 aromatic carbocycles. The van der Waals surface area contributed by atoms with Crippen LogP contribution in [0.15, 0.2) is 15.4 Å². The van der Waals surface area contributed by atoms with E-state index in [1.54, 1.807) is 13.0 Å². The van der Waals surface area contributed by atoms with E-state index in [2.05, 4.69) is 23.9 Å². The van der Waals surface area contributed by atoms with Crippen LogP contribution >= 0.6 is 0 Å². The Morgan fingerprint density at radius 1 is 1.33 bits per heavy atom. The van der Waals surface area contributed by atoms with Crippen LogP contribution in [0.4, 0.5) is 0 Å². The van der Waals surface area contributed by atoms with Gasteiger partial charge in [-0.2, -0.15) is 0 Å². The van der Waals surface area contributed by atoms with Crippen molar-refractivity contribution in [1.29, 1.82) is 0 Å². The van der Waals surface area contributed by atoms with Gasteiger partial charge in [0.05, 0.1) is 6.54 Å². The molecule has 1 atom stereocenters. The summed E-state index contributed by atoms with van der Waals surface area (Å²) in [5, 5.41) is 3.32. The topological polar surface area (TPSA) is 71.3 Å². The van der Waals surface area contributed by atoms with Crippen LogP contribution in [-0.4, -0.2) is 21.0 Å². The van der Waals surface area contributed by atoms with Gasteiger partial charge < -0.3 is 9.73 Å². The van der Waals surface area contributed by atoms with Crippen molar-refractivity contribution in [1.82, 2.24) is 10.0 Å². The zero-order chi connectivity index (χ0) is 15.6. The number of hydrogen-bond donors (Lipinski definition) is 2. The molecule has 5 nitrogen and oxygen atoms in total. The lowest BCUT2D eigenvalue weighted by molar-refractivity contribution is 0.414. The molecular formula is C15H26N2O3S. The van der Waals surface area contributed by atoms with Gasteiger partial charge in [0.25, 0.3) is 0 Å². The van der Waals surface area contributed by atoms with Crippen molar-refractivity contribution in [3.8, 4) is 0 Å². The molecule has 1 heterocycles. The SMILES string of the molecule is Cc1oc(CNC2CC2)cc1S(=O)(=O)NCC(C)C(C)C. The van der Waals surface area contributed by atoms with Crippen LogP contribution in [0.2, 0.25) is 0 Å². The first kappa shape index (κ1) is 16.5. The molecule has 1 aromatic heterocycles. The van der Waals surface area contributed by atoms with Crippen molar-refractivity contribution < 1.29 is 12.8 Å². The molecular weight excluding hydrogens is 288 g/mol. The molecule has 120 valence electrons. The fraction of sp³-hybridized carbons (Fsp3) is 0.733. The maximum Gasteiger partial charge on any atom is 0.244 e. The number of aryl methyl sites for hydroxylation is 1. The molecule has 1 aromatic rings. The summed E-state index contributed by atoms with van der Waals surface area (Å²) >= 11 is 0. The monoisotopic (exact) mass is 314 g/mol. The molecule has 1 saturated carbocycles. The fourth-order valence-electron chi connectivity index (χ4n) is 1.97. The van der Waals surface area contributed by atoms with Crippen LogP contribution in [0.1, 0.15) is 45.1 Å². The van der Waals surface area contributed by atoms with E-state index >= 15 is 0 Å². The van der Waals surface area contributed by atoms with Crippen molar-refractivity contribution in [3.63, 3.8) is 0 Å². The zero-order valence-corrected chi connectivity index (χ0v) is 14.1. The van der Waals surface area contributed by atoms with E-state index in [0.29, 0.717) is 42.5 Å². The van der Waals surface area contributed by atoms with Gasteiger partial charge in [0.2, 0.25) is 10.0 Å². The minimum absolute atomic E-state index is 0.256. The molecule has 2 N–H and O–H groups in total. The van der Waals surface area contributed by atoms with Crippen LogP contribution in [0.25, 0.3) is 0 Å². The number of rotatable bonds is 8. The van der Waals surface area contributed by atoms with E-state index < -0.39 is 10.0 Å². The Morgan fingerprint density at radius 3 is 2.57 bits per heavy atom. The van der Waals surface area contributed by atoms with Gasteiger partial charge in [-0.1, -0.05) is 20.8 Å². The summed E-state index contributed by atoms with van der Waals surface area (Å²) in [7, 11) is -3.49. The molecule has 1 unspecified atom stereocenters. The highest BCUT2D eigenvalue weighted by Crippen LogP contribution is 2.23. The third-order valence-electron chi connectivity index (χ3n) is 4.09. The highest BCUT2D eigenvalue weighted by Gasteiger charge is 2.24. The summed E-state index contributed by atoms with van der Waals surface area (Å²) in [6.45, 7) is 8.94. The third kappa shape index (κ3) is 4.56. The number of hydrogen-bond acceptors (Lipinski definition) is 4.